The molecule has 0 bridgehead atoms. The molecule has 0 unspecified atom stereocenters. The lowest BCUT2D eigenvalue weighted by molar-refractivity contribution is 0.200. The van der Waals surface area contributed by atoms with Gasteiger partial charge in [0.2, 0.25) is 5.95 Å². The Balaban J connectivity index is 1.57. The molecule has 1 atom stereocenters. The third-order valence-corrected chi connectivity index (χ3v) is 4.72. The zero-order valence-electron chi connectivity index (χ0n) is 9.96. The number of thioether (sulfide) groups is 1. The maximum absolute atomic E-state index is 4.32. The fourth-order valence-corrected chi connectivity index (χ4v) is 3.81. The van der Waals surface area contributed by atoms with E-state index in [-0.39, 0.29) is 0 Å². The average molecular weight is 250 g/mol. The predicted octanol–water partition coefficient (Wildman–Crippen LogP) is 1.10. The van der Waals surface area contributed by atoms with Crippen LogP contribution in [0.1, 0.15) is 6.42 Å². The largest absolute Gasteiger partial charge is 0.338 e. The molecule has 2 aliphatic heterocycles. The molecule has 0 spiro atoms. The molecule has 92 valence electrons. The van der Waals surface area contributed by atoms with E-state index in [1.165, 1.54) is 17.9 Å². The van der Waals surface area contributed by atoms with Crippen molar-refractivity contribution in [2.24, 2.45) is 0 Å². The van der Waals surface area contributed by atoms with Crippen LogP contribution in [0.25, 0.3) is 0 Å². The first-order valence-electron chi connectivity index (χ1n) is 6.27. The van der Waals surface area contributed by atoms with Gasteiger partial charge in [-0.3, -0.25) is 4.90 Å². The summed E-state index contributed by atoms with van der Waals surface area (Å²) in [6.45, 7) is 4.43. The zero-order chi connectivity index (χ0) is 11.5. The lowest BCUT2D eigenvalue weighted by Gasteiger charge is -2.37. The lowest BCUT2D eigenvalue weighted by atomic mass is 10.2. The van der Waals surface area contributed by atoms with Crippen molar-refractivity contribution in [2.75, 3.05) is 42.6 Å². The van der Waals surface area contributed by atoms with Gasteiger partial charge in [0.1, 0.15) is 0 Å². The van der Waals surface area contributed by atoms with E-state index in [4.69, 9.17) is 0 Å². The highest BCUT2D eigenvalue weighted by Crippen LogP contribution is 2.23. The Labute approximate surface area is 106 Å². The fourth-order valence-electron chi connectivity index (χ4n) is 2.55. The van der Waals surface area contributed by atoms with E-state index in [1.54, 1.807) is 0 Å². The van der Waals surface area contributed by atoms with Crippen LogP contribution in [0.15, 0.2) is 18.5 Å². The Morgan fingerprint density at radius 3 is 2.53 bits per heavy atom. The van der Waals surface area contributed by atoms with Gasteiger partial charge < -0.3 is 4.90 Å². The van der Waals surface area contributed by atoms with Crippen molar-refractivity contribution in [2.45, 2.75) is 12.5 Å². The van der Waals surface area contributed by atoms with Crippen LogP contribution in [0.5, 0.6) is 0 Å². The molecule has 0 N–H and O–H groups in total. The van der Waals surface area contributed by atoms with E-state index in [0.29, 0.717) is 0 Å². The van der Waals surface area contributed by atoms with Crippen molar-refractivity contribution in [1.82, 2.24) is 14.9 Å². The van der Waals surface area contributed by atoms with Gasteiger partial charge in [-0.15, -0.1) is 0 Å². The summed E-state index contributed by atoms with van der Waals surface area (Å²) in [6, 6.07) is 2.69. The number of hydrogen-bond donors (Lipinski definition) is 0. The molecule has 17 heavy (non-hydrogen) atoms. The van der Waals surface area contributed by atoms with Crippen LogP contribution in [0.3, 0.4) is 0 Å². The van der Waals surface area contributed by atoms with Gasteiger partial charge in [0.15, 0.2) is 0 Å². The molecule has 1 aromatic heterocycles. The predicted molar refractivity (Wildman–Crippen MR) is 71.5 cm³/mol. The highest BCUT2D eigenvalue weighted by molar-refractivity contribution is 7.99. The van der Waals surface area contributed by atoms with E-state index in [0.717, 1.165) is 38.2 Å². The van der Waals surface area contributed by atoms with Crippen molar-refractivity contribution >= 4 is 17.7 Å². The summed E-state index contributed by atoms with van der Waals surface area (Å²) < 4.78 is 0. The molecule has 4 nitrogen and oxygen atoms in total. The smallest absolute Gasteiger partial charge is 0.225 e. The van der Waals surface area contributed by atoms with E-state index in [1.807, 2.05) is 18.5 Å². The minimum absolute atomic E-state index is 0.818. The Morgan fingerprint density at radius 1 is 1.12 bits per heavy atom. The first-order valence-corrected chi connectivity index (χ1v) is 7.43. The Hall–Kier alpha value is -0.810. The van der Waals surface area contributed by atoms with Crippen LogP contribution in [-0.2, 0) is 0 Å². The SMILES string of the molecule is c1cnc(N2CCN([C@@H]3CCSC3)CC2)nc1. The number of aromatic nitrogens is 2. The van der Waals surface area contributed by atoms with Crippen LogP contribution in [-0.4, -0.2) is 58.6 Å². The van der Waals surface area contributed by atoms with E-state index in [2.05, 4.69) is 31.5 Å². The van der Waals surface area contributed by atoms with Crippen molar-refractivity contribution in [3.05, 3.63) is 18.5 Å². The number of piperazine rings is 1. The molecule has 2 saturated heterocycles. The number of anilines is 1. The number of nitrogens with zero attached hydrogens (tertiary/aromatic N) is 4. The van der Waals surface area contributed by atoms with Crippen LogP contribution < -0.4 is 4.90 Å². The zero-order valence-corrected chi connectivity index (χ0v) is 10.8. The normalized spacial score (nSPS) is 26.4. The van der Waals surface area contributed by atoms with E-state index in [9.17, 15) is 0 Å². The van der Waals surface area contributed by atoms with Crippen LogP contribution >= 0.6 is 11.8 Å². The number of rotatable bonds is 2. The summed E-state index contributed by atoms with van der Waals surface area (Å²) in [6.07, 6.45) is 5.01. The van der Waals surface area contributed by atoms with Gasteiger partial charge in [-0.25, -0.2) is 9.97 Å². The molecule has 0 aliphatic carbocycles. The summed E-state index contributed by atoms with van der Waals surface area (Å²) in [7, 11) is 0. The van der Waals surface area contributed by atoms with E-state index >= 15 is 0 Å². The van der Waals surface area contributed by atoms with Gasteiger partial charge in [0.25, 0.3) is 0 Å². The summed E-state index contributed by atoms with van der Waals surface area (Å²) in [4.78, 5) is 13.6. The van der Waals surface area contributed by atoms with Gasteiger partial charge >= 0.3 is 0 Å². The molecule has 1 aromatic rings. The minimum Gasteiger partial charge on any atom is -0.338 e. The standard InChI is InChI=1S/C12H18N4S/c1-3-13-12(14-4-1)16-7-5-15(6-8-16)11-2-9-17-10-11/h1,3-4,11H,2,5-10H2/t11-/m1/s1. The molecule has 2 fully saturated rings. The average Bonchev–Trinajstić information content (AvgIpc) is 2.94. The molecule has 0 saturated carbocycles. The monoisotopic (exact) mass is 250 g/mol. The highest BCUT2D eigenvalue weighted by Gasteiger charge is 2.26. The molecular weight excluding hydrogens is 232 g/mol. The third-order valence-electron chi connectivity index (χ3n) is 3.57. The third kappa shape index (κ3) is 2.55. The van der Waals surface area contributed by atoms with Gasteiger partial charge in [0.05, 0.1) is 0 Å². The molecule has 0 radical (unpaired) electrons. The molecular formula is C12H18N4S. The van der Waals surface area contributed by atoms with Gasteiger partial charge in [-0.2, -0.15) is 11.8 Å². The van der Waals surface area contributed by atoms with Gasteiger partial charge in [-0.05, 0) is 18.2 Å². The van der Waals surface area contributed by atoms with Crippen molar-refractivity contribution in [3.8, 4) is 0 Å². The summed E-state index contributed by atoms with van der Waals surface area (Å²) in [5.41, 5.74) is 0. The summed E-state index contributed by atoms with van der Waals surface area (Å²) in [5.74, 6) is 3.54. The highest BCUT2D eigenvalue weighted by atomic mass is 32.2. The second kappa shape index (κ2) is 5.23. The molecule has 3 heterocycles. The van der Waals surface area contributed by atoms with Crippen molar-refractivity contribution in [1.29, 1.82) is 0 Å². The maximum Gasteiger partial charge on any atom is 0.225 e. The fraction of sp³-hybridized carbons (Fsp3) is 0.667. The topological polar surface area (TPSA) is 32.3 Å². The van der Waals surface area contributed by atoms with Crippen LogP contribution in [0.4, 0.5) is 5.95 Å². The summed E-state index contributed by atoms with van der Waals surface area (Å²) in [5, 5.41) is 0. The molecule has 3 rings (SSSR count). The Bertz CT molecular complexity index is 345. The van der Waals surface area contributed by atoms with Crippen LogP contribution in [0.2, 0.25) is 0 Å². The van der Waals surface area contributed by atoms with Crippen LogP contribution in [0, 0.1) is 0 Å². The van der Waals surface area contributed by atoms with Gasteiger partial charge in [-0.1, -0.05) is 0 Å². The van der Waals surface area contributed by atoms with Crippen molar-refractivity contribution < 1.29 is 0 Å². The van der Waals surface area contributed by atoms with E-state index < -0.39 is 0 Å². The van der Waals surface area contributed by atoms with Crippen molar-refractivity contribution in [3.63, 3.8) is 0 Å². The molecule has 2 aliphatic rings. The first kappa shape index (κ1) is 11.3. The molecule has 0 aromatic carbocycles. The first-order chi connectivity index (χ1) is 8.43. The summed E-state index contributed by atoms with van der Waals surface area (Å²) >= 11 is 2.09. The molecule has 0 amide bonds. The Morgan fingerprint density at radius 2 is 1.88 bits per heavy atom. The lowest BCUT2D eigenvalue weighted by Crippen LogP contribution is -2.50. The quantitative estimate of drug-likeness (QED) is 0.785. The molecule has 5 heteroatoms. The number of hydrogen-bond acceptors (Lipinski definition) is 5. The minimum atomic E-state index is 0.818. The second-order valence-corrected chi connectivity index (χ2v) is 5.74. The van der Waals surface area contributed by atoms with Gasteiger partial charge in [0, 0.05) is 50.4 Å². The maximum atomic E-state index is 4.32. The Kier molecular flexibility index (Phi) is 3.47. The second-order valence-electron chi connectivity index (χ2n) is 4.59.